The maximum atomic E-state index is 10.5. The van der Waals surface area contributed by atoms with Gasteiger partial charge in [-0.2, -0.15) is 0 Å². The molecule has 0 fully saturated rings. The van der Waals surface area contributed by atoms with Crippen LogP contribution in [0, 0.1) is 13.8 Å². The fourth-order valence-electron chi connectivity index (χ4n) is 2.35. The predicted octanol–water partition coefficient (Wildman–Crippen LogP) is 5.05. The van der Waals surface area contributed by atoms with Gasteiger partial charge in [0.05, 0.1) is 11.1 Å². The van der Waals surface area contributed by atoms with Crippen LogP contribution >= 0.6 is 0 Å². The van der Waals surface area contributed by atoms with Crippen LogP contribution in [0.25, 0.3) is 11.1 Å². The monoisotopic (exact) mass is 348 g/mol. The topological polar surface area (TPSA) is 74.6 Å². The molecule has 0 bridgehead atoms. The smallest absolute Gasteiger partial charge is 0.336 e. The minimum atomic E-state index is -1.23. The number of aromatic carboxylic acids is 2. The quantitative estimate of drug-likeness (QED) is 0.694. The average molecular weight is 348 g/mol. The van der Waals surface area contributed by atoms with Crippen molar-refractivity contribution >= 4 is 11.9 Å². The molecule has 2 N–H and O–H groups in total. The van der Waals surface area contributed by atoms with Crippen LogP contribution in [-0.2, 0) is 0 Å². The van der Waals surface area contributed by atoms with Crippen molar-refractivity contribution in [1.29, 1.82) is 0 Å². The molecule has 0 unspecified atom stereocenters. The third kappa shape index (κ3) is 5.05. The fourth-order valence-corrected chi connectivity index (χ4v) is 2.35. The number of carboxylic acids is 2. The molecule has 0 aromatic heterocycles. The number of carbonyl (C=O) groups is 2. The van der Waals surface area contributed by atoms with Crippen molar-refractivity contribution in [1.82, 2.24) is 0 Å². The van der Waals surface area contributed by atoms with Crippen LogP contribution in [0.5, 0.6) is 0 Å². The summed E-state index contributed by atoms with van der Waals surface area (Å²) in [6.45, 7) is 4.22. The van der Waals surface area contributed by atoms with Crippen molar-refractivity contribution in [3.63, 3.8) is 0 Å². The molecule has 4 heteroatoms. The second-order valence-corrected chi connectivity index (χ2v) is 5.89. The molecule has 3 aromatic rings. The van der Waals surface area contributed by atoms with Crippen LogP contribution in [0.4, 0.5) is 0 Å². The minimum Gasteiger partial charge on any atom is -0.478 e. The lowest BCUT2D eigenvalue weighted by Gasteiger charge is -2.02. The first kappa shape index (κ1) is 18.9. The number of hydrogen-bond acceptors (Lipinski definition) is 2. The average Bonchev–Trinajstić information content (AvgIpc) is 2.63. The summed E-state index contributed by atoms with van der Waals surface area (Å²) in [4.78, 5) is 20.9. The summed E-state index contributed by atoms with van der Waals surface area (Å²) in [6, 6.07) is 22.7. The SMILES string of the molecule is Cc1ccc(-c2ccc(C)cc2)cc1.O=C(O)c1ccccc1C(=O)O. The predicted molar refractivity (Wildman–Crippen MR) is 102 cm³/mol. The molecule has 0 saturated carbocycles. The lowest BCUT2D eigenvalue weighted by molar-refractivity contribution is 0.0651. The molecular formula is C22H20O4. The van der Waals surface area contributed by atoms with Crippen LogP contribution in [0.3, 0.4) is 0 Å². The Kier molecular flexibility index (Phi) is 6.28. The largest absolute Gasteiger partial charge is 0.478 e. The van der Waals surface area contributed by atoms with Gasteiger partial charge in [-0.05, 0) is 37.1 Å². The molecule has 0 atom stereocenters. The van der Waals surface area contributed by atoms with Gasteiger partial charge in [0.1, 0.15) is 0 Å². The summed E-state index contributed by atoms with van der Waals surface area (Å²) in [5, 5.41) is 17.1. The molecule has 0 spiro atoms. The minimum absolute atomic E-state index is 0.190. The molecule has 4 nitrogen and oxygen atoms in total. The molecule has 0 aliphatic carbocycles. The lowest BCUT2D eigenvalue weighted by Crippen LogP contribution is -2.06. The van der Waals surface area contributed by atoms with Crippen LogP contribution in [0.2, 0.25) is 0 Å². The van der Waals surface area contributed by atoms with E-state index < -0.39 is 11.9 Å². The van der Waals surface area contributed by atoms with E-state index in [0.717, 1.165) is 0 Å². The molecule has 3 rings (SSSR count). The Morgan fingerprint density at radius 3 is 1.15 bits per heavy atom. The number of aryl methyl sites for hydroxylation is 2. The van der Waals surface area contributed by atoms with Crippen molar-refractivity contribution in [2.45, 2.75) is 13.8 Å². The van der Waals surface area contributed by atoms with E-state index in [4.69, 9.17) is 10.2 Å². The first-order chi connectivity index (χ1) is 12.4. The molecule has 132 valence electrons. The Labute approximate surface area is 152 Å². The molecule has 0 aliphatic rings. The summed E-state index contributed by atoms with van der Waals surface area (Å²) in [5.41, 5.74) is 4.81. The summed E-state index contributed by atoms with van der Waals surface area (Å²) < 4.78 is 0. The summed E-state index contributed by atoms with van der Waals surface area (Å²) in [7, 11) is 0. The molecule has 0 amide bonds. The normalized spacial score (nSPS) is 9.77. The van der Waals surface area contributed by atoms with E-state index in [9.17, 15) is 9.59 Å². The number of benzene rings is 3. The highest BCUT2D eigenvalue weighted by molar-refractivity contribution is 6.01. The molecule has 0 aliphatic heterocycles. The molecule has 0 saturated heterocycles. The van der Waals surface area contributed by atoms with E-state index in [1.54, 1.807) is 0 Å². The Balaban J connectivity index is 0.000000190. The molecule has 0 heterocycles. The zero-order chi connectivity index (χ0) is 19.1. The highest BCUT2D eigenvalue weighted by Gasteiger charge is 2.13. The van der Waals surface area contributed by atoms with E-state index in [-0.39, 0.29) is 11.1 Å². The number of hydrogen-bond donors (Lipinski definition) is 2. The zero-order valence-electron chi connectivity index (χ0n) is 14.6. The van der Waals surface area contributed by atoms with Crippen LogP contribution in [0.1, 0.15) is 31.8 Å². The summed E-state index contributed by atoms with van der Waals surface area (Å²) in [5.74, 6) is -2.46. The van der Waals surface area contributed by atoms with Gasteiger partial charge in [-0.15, -0.1) is 0 Å². The Hall–Kier alpha value is -3.40. The maximum absolute atomic E-state index is 10.5. The summed E-state index contributed by atoms with van der Waals surface area (Å²) in [6.07, 6.45) is 0. The van der Waals surface area contributed by atoms with Crippen molar-refractivity contribution in [2.75, 3.05) is 0 Å². The van der Waals surface area contributed by atoms with Crippen molar-refractivity contribution in [3.05, 3.63) is 95.1 Å². The van der Waals surface area contributed by atoms with E-state index >= 15 is 0 Å². The number of rotatable bonds is 3. The third-order valence-electron chi connectivity index (χ3n) is 3.82. The van der Waals surface area contributed by atoms with Crippen LogP contribution in [-0.4, -0.2) is 22.2 Å². The third-order valence-corrected chi connectivity index (χ3v) is 3.82. The second-order valence-electron chi connectivity index (χ2n) is 5.89. The Morgan fingerprint density at radius 2 is 0.885 bits per heavy atom. The molecule has 0 radical (unpaired) electrons. The highest BCUT2D eigenvalue weighted by atomic mass is 16.4. The fraction of sp³-hybridized carbons (Fsp3) is 0.0909. The lowest BCUT2D eigenvalue weighted by atomic mass is 10.0. The van der Waals surface area contributed by atoms with Crippen molar-refractivity contribution in [3.8, 4) is 11.1 Å². The van der Waals surface area contributed by atoms with Crippen LogP contribution in [0.15, 0.2) is 72.8 Å². The number of carboxylic acid groups (broad SMARTS) is 2. The second kappa shape index (κ2) is 8.62. The van der Waals surface area contributed by atoms with Gasteiger partial charge in [-0.25, -0.2) is 9.59 Å². The van der Waals surface area contributed by atoms with Crippen molar-refractivity contribution < 1.29 is 19.8 Å². The van der Waals surface area contributed by atoms with Gasteiger partial charge in [-0.3, -0.25) is 0 Å². The standard InChI is InChI=1S/C14H14.C8H6O4/c1-11-3-7-13(8-4-11)14-9-5-12(2)6-10-14;9-7(10)5-3-1-2-4-6(5)8(11)12/h3-10H,1-2H3;1-4H,(H,9,10)(H,11,12). The van der Waals surface area contributed by atoms with E-state index in [1.807, 2.05) is 0 Å². The summed E-state index contributed by atoms with van der Waals surface area (Å²) >= 11 is 0. The van der Waals surface area contributed by atoms with E-state index in [1.165, 1.54) is 46.5 Å². The molecular weight excluding hydrogens is 328 g/mol. The molecule has 26 heavy (non-hydrogen) atoms. The van der Waals surface area contributed by atoms with Gasteiger partial charge in [-0.1, -0.05) is 71.8 Å². The van der Waals surface area contributed by atoms with Gasteiger partial charge in [0, 0.05) is 0 Å². The first-order valence-electron chi connectivity index (χ1n) is 8.08. The van der Waals surface area contributed by atoms with Crippen LogP contribution < -0.4 is 0 Å². The molecule has 3 aromatic carbocycles. The van der Waals surface area contributed by atoms with Gasteiger partial charge < -0.3 is 10.2 Å². The highest BCUT2D eigenvalue weighted by Crippen LogP contribution is 2.19. The van der Waals surface area contributed by atoms with Gasteiger partial charge in [0.15, 0.2) is 0 Å². The van der Waals surface area contributed by atoms with E-state index in [0.29, 0.717) is 0 Å². The Morgan fingerprint density at radius 1 is 0.577 bits per heavy atom. The maximum Gasteiger partial charge on any atom is 0.336 e. The van der Waals surface area contributed by atoms with Gasteiger partial charge in [0.25, 0.3) is 0 Å². The van der Waals surface area contributed by atoms with Gasteiger partial charge in [0.2, 0.25) is 0 Å². The van der Waals surface area contributed by atoms with E-state index in [2.05, 4.69) is 62.4 Å². The van der Waals surface area contributed by atoms with Gasteiger partial charge >= 0.3 is 11.9 Å². The Bertz CT molecular complexity index is 818. The van der Waals surface area contributed by atoms with Crippen molar-refractivity contribution in [2.24, 2.45) is 0 Å². The first-order valence-corrected chi connectivity index (χ1v) is 8.08. The zero-order valence-corrected chi connectivity index (χ0v) is 14.6.